The minimum atomic E-state index is -0.608. The molecule has 0 spiro atoms. The zero-order valence-corrected chi connectivity index (χ0v) is 8.89. The number of carbonyl (C=O) groups excluding carboxylic acids is 1. The number of benzene rings is 1. The molecular formula is C10H12ClN3O. The fourth-order valence-corrected chi connectivity index (χ4v) is 1.14. The van der Waals surface area contributed by atoms with Gasteiger partial charge in [0.1, 0.15) is 0 Å². The molecule has 0 atom stereocenters. The number of hydrogen-bond acceptors (Lipinski definition) is 2. The number of nitrogens with zero attached hydrogens (tertiary/aromatic N) is 2. The van der Waals surface area contributed by atoms with E-state index in [1.807, 2.05) is 30.3 Å². The summed E-state index contributed by atoms with van der Waals surface area (Å²) in [6.07, 6.45) is 1.57. The Balaban J connectivity index is 2.65. The molecule has 0 bridgehead atoms. The number of rotatable bonds is 4. The molecule has 80 valence electrons. The molecular weight excluding hydrogens is 214 g/mol. The molecule has 1 aromatic carbocycles. The van der Waals surface area contributed by atoms with Crippen LogP contribution < -0.4 is 5.73 Å². The summed E-state index contributed by atoms with van der Waals surface area (Å²) >= 11 is 5.50. The minimum absolute atomic E-state index is 0.301. The second kappa shape index (κ2) is 6.03. The number of amides is 2. The Hall–Kier alpha value is -1.55. The minimum Gasteiger partial charge on any atom is -0.350 e. The van der Waals surface area contributed by atoms with Gasteiger partial charge >= 0.3 is 6.03 Å². The number of hydrazone groups is 1. The third-order valence-electron chi connectivity index (χ3n) is 1.70. The Bertz CT molecular complexity index is 340. The Morgan fingerprint density at radius 3 is 2.67 bits per heavy atom. The van der Waals surface area contributed by atoms with Crippen molar-refractivity contribution in [1.82, 2.24) is 5.01 Å². The normalized spacial score (nSPS) is 10.5. The van der Waals surface area contributed by atoms with Crippen molar-refractivity contribution in [3.05, 3.63) is 35.9 Å². The van der Waals surface area contributed by atoms with E-state index in [0.29, 0.717) is 12.4 Å². The lowest BCUT2D eigenvalue weighted by molar-refractivity contribution is 0.213. The van der Waals surface area contributed by atoms with Gasteiger partial charge in [0.25, 0.3) is 0 Å². The van der Waals surface area contributed by atoms with E-state index in [2.05, 4.69) is 5.10 Å². The maximum absolute atomic E-state index is 10.9. The summed E-state index contributed by atoms with van der Waals surface area (Å²) in [5, 5.41) is 5.06. The van der Waals surface area contributed by atoms with Crippen LogP contribution in [0.4, 0.5) is 4.79 Å². The third-order valence-corrected chi connectivity index (χ3v) is 1.87. The van der Waals surface area contributed by atoms with Gasteiger partial charge in [-0.3, -0.25) is 0 Å². The highest BCUT2D eigenvalue weighted by molar-refractivity contribution is 6.18. The molecule has 1 rings (SSSR count). The maximum Gasteiger partial charge on any atom is 0.335 e. The van der Waals surface area contributed by atoms with Crippen molar-refractivity contribution in [1.29, 1.82) is 0 Å². The van der Waals surface area contributed by atoms with Crippen LogP contribution in [-0.2, 0) is 0 Å². The zero-order chi connectivity index (χ0) is 11.1. The lowest BCUT2D eigenvalue weighted by Gasteiger charge is -2.11. The topological polar surface area (TPSA) is 58.7 Å². The number of nitrogens with two attached hydrogens (primary N) is 1. The van der Waals surface area contributed by atoms with E-state index in [-0.39, 0.29) is 0 Å². The van der Waals surface area contributed by atoms with Crippen LogP contribution in [0, 0.1) is 0 Å². The van der Waals surface area contributed by atoms with Crippen LogP contribution in [0.15, 0.2) is 35.4 Å². The van der Waals surface area contributed by atoms with Crippen molar-refractivity contribution in [2.24, 2.45) is 10.8 Å². The van der Waals surface area contributed by atoms with Crippen molar-refractivity contribution >= 4 is 23.8 Å². The van der Waals surface area contributed by atoms with Gasteiger partial charge in [0.15, 0.2) is 0 Å². The van der Waals surface area contributed by atoms with E-state index in [9.17, 15) is 4.79 Å². The first-order valence-electron chi connectivity index (χ1n) is 4.46. The summed E-state index contributed by atoms with van der Waals surface area (Å²) in [5.74, 6) is 0.301. The van der Waals surface area contributed by atoms with Crippen LogP contribution in [-0.4, -0.2) is 29.7 Å². The van der Waals surface area contributed by atoms with Crippen molar-refractivity contribution in [2.75, 3.05) is 12.4 Å². The first kappa shape index (κ1) is 11.5. The fourth-order valence-electron chi connectivity index (χ4n) is 0.980. The van der Waals surface area contributed by atoms with Gasteiger partial charge in [0.05, 0.1) is 12.8 Å². The first-order valence-corrected chi connectivity index (χ1v) is 4.99. The van der Waals surface area contributed by atoms with Crippen LogP contribution in [0.1, 0.15) is 5.56 Å². The van der Waals surface area contributed by atoms with Crippen LogP contribution in [0.2, 0.25) is 0 Å². The van der Waals surface area contributed by atoms with Gasteiger partial charge in [-0.15, -0.1) is 11.6 Å². The van der Waals surface area contributed by atoms with Gasteiger partial charge in [0.2, 0.25) is 0 Å². The molecule has 15 heavy (non-hydrogen) atoms. The Labute approximate surface area is 93.3 Å². The average molecular weight is 226 g/mol. The highest BCUT2D eigenvalue weighted by atomic mass is 35.5. The molecule has 0 aliphatic heterocycles. The molecule has 5 heteroatoms. The smallest absolute Gasteiger partial charge is 0.335 e. The largest absolute Gasteiger partial charge is 0.350 e. The monoisotopic (exact) mass is 225 g/mol. The predicted octanol–water partition coefficient (Wildman–Crippen LogP) is 1.64. The molecule has 2 amide bonds. The lowest BCUT2D eigenvalue weighted by atomic mass is 10.2. The molecule has 0 saturated carbocycles. The molecule has 0 saturated heterocycles. The van der Waals surface area contributed by atoms with E-state index >= 15 is 0 Å². The standard InChI is InChI=1S/C10H12ClN3O/c11-6-7-14(10(12)15)13-8-9-4-2-1-3-5-9/h1-5,8H,6-7H2,(H2,12,15). The second-order valence-corrected chi connectivity index (χ2v) is 3.18. The summed E-state index contributed by atoms with van der Waals surface area (Å²) in [7, 11) is 0. The van der Waals surface area contributed by atoms with E-state index in [0.717, 1.165) is 10.6 Å². The molecule has 1 aromatic rings. The summed E-state index contributed by atoms with van der Waals surface area (Å²) in [5.41, 5.74) is 6.00. The van der Waals surface area contributed by atoms with Crippen LogP contribution >= 0.6 is 11.6 Å². The molecule has 0 aliphatic carbocycles. The quantitative estimate of drug-likeness (QED) is 0.473. The van der Waals surface area contributed by atoms with Crippen LogP contribution in [0.25, 0.3) is 0 Å². The van der Waals surface area contributed by atoms with E-state index in [1.165, 1.54) is 0 Å². The number of hydrogen-bond donors (Lipinski definition) is 1. The van der Waals surface area contributed by atoms with Crippen molar-refractivity contribution in [3.8, 4) is 0 Å². The van der Waals surface area contributed by atoms with E-state index in [1.54, 1.807) is 6.21 Å². The average Bonchev–Trinajstić information content (AvgIpc) is 2.25. The van der Waals surface area contributed by atoms with E-state index in [4.69, 9.17) is 17.3 Å². The van der Waals surface area contributed by atoms with E-state index < -0.39 is 6.03 Å². The Morgan fingerprint density at radius 2 is 2.13 bits per heavy atom. The third kappa shape index (κ3) is 3.99. The number of primary amides is 1. The van der Waals surface area contributed by atoms with Gasteiger partial charge in [-0.05, 0) is 5.56 Å². The van der Waals surface area contributed by atoms with Gasteiger partial charge < -0.3 is 5.73 Å². The van der Waals surface area contributed by atoms with Crippen LogP contribution in [0.3, 0.4) is 0 Å². The van der Waals surface area contributed by atoms with Crippen molar-refractivity contribution in [2.45, 2.75) is 0 Å². The molecule has 4 nitrogen and oxygen atoms in total. The summed E-state index contributed by atoms with van der Waals surface area (Å²) in [6, 6.07) is 8.83. The molecule has 0 radical (unpaired) electrons. The van der Waals surface area contributed by atoms with Gasteiger partial charge in [-0.2, -0.15) is 5.10 Å². The summed E-state index contributed by atoms with van der Waals surface area (Å²) < 4.78 is 0. The molecule has 0 heterocycles. The zero-order valence-electron chi connectivity index (χ0n) is 8.14. The Kier molecular flexibility index (Phi) is 4.63. The summed E-state index contributed by atoms with van der Waals surface area (Å²) in [6.45, 7) is 0.306. The maximum atomic E-state index is 10.9. The lowest BCUT2D eigenvalue weighted by Crippen LogP contribution is -2.32. The molecule has 0 unspecified atom stereocenters. The number of urea groups is 1. The van der Waals surface area contributed by atoms with Crippen LogP contribution in [0.5, 0.6) is 0 Å². The highest BCUT2D eigenvalue weighted by Gasteiger charge is 2.04. The molecule has 0 fully saturated rings. The summed E-state index contributed by atoms with van der Waals surface area (Å²) in [4.78, 5) is 10.9. The predicted molar refractivity (Wildman–Crippen MR) is 61.0 cm³/mol. The SMILES string of the molecule is NC(=O)N(CCCl)N=Cc1ccccc1. The Morgan fingerprint density at radius 1 is 1.47 bits per heavy atom. The number of halogens is 1. The molecule has 0 aromatic heterocycles. The van der Waals surface area contributed by atoms with Crippen molar-refractivity contribution < 1.29 is 4.79 Å². The highest BCUT2D eigenvalue weighted by Crippen LogP contribution is 1.96. The number of alkyl halides is 1. The van der Waals surface area contributed by atoms with Gasteiger partial charge in [-0.25, -0.2) is 9.80 Å². The fraction of sp³-hybridized carbons (Fsp3) is 0.200. The molecule has 2 N–H and O–H groups in total. The van der Waals surface area contributed by atoms with Gasteiger partial charge in [0, 0.05) is 5.88 Å². The number of carbonyl (C=O) groups is 1. The first-order chi connectivity index (χ1) is 7.24. The van der Waals surface area contributed by atoms with Gasteiger partial charge in [-0.1, -0.05) is 30.3 Å². The van der Waals surface area contributed by atoms with Crippen molar-refractivity contribution in [3.63, 3.8) is 0 Å². The second-order valence-electron chi connectivity index (χ2n) is 2.81. The molecule has 0 aliphatic rings.